The molecule has 2 heteroatoms. The number of H-pyrrole nitrogens is 1. The molecule has 1 aliphatic rings. The van der Waals surface area contributed by atoms with E-state index in [1.807, 2.05) is 0 Å². The summed E-state index contributed by atoms with van der Waals surface area (Å²) >= 11 is 0. The monoisotopic (exact) mass is 150 g/mol. The van der Waals surface area contributed by atoms with Gasteiger partial charge in [-0.2, -0.15) is 0 Å². The number of nitrogens with one attached hydrogen (secondary N) is 2. The van der Waals surface area contributed by atoms with Gasteiger partial charge in [0.15, 0.2) is 0 Å². The lowest BCUT2D eigenvalue weighted by Gasteiger charge is -1.96. The van der Waals surface area contributed by atoms with Gasteiger partial charge in [0.05, 0.1) is 0 Å². The van der Waals surface area contributed by atoms with Crippen molar-refractivity contribution < 1.29 is 0 Å². The van der Waals surface area contributed by atoms with E-state index in [1.54, 1.807) is 0 Å². The van der Waals surface area contributed by atoms with Gasteiger partial charge in [-0.15, -0.1) is 0 Å². The molecule has 2 heterocycles. The van der Waals surface area contributed by atoms with E-state index in [0.717, 1.165) is 13.1 Å². The molecular formula is C9H14N2. The smallest absolute Gasteiger partial charge is 0.0360 e. The fourth-order valence-corrected chi connectivity index (χ4v) is 1.70. The van der Waals surface area contributed by atoms with Gasteiger partial charge in [-0.25, -0.2) is 0 Å². The summed E-state index contributed by atoms with van der Waals surface area (Å²) in [5, 5.41) is 3.39. The van der Waals surface area contributed by atoms with Gasteiger partial charge in [-0.1, -0.05) is 0 Å². The molecule has 0 amide bonds. The third-order valence-corrected chi connectivity index (χ3v) is 2.23. The summed E-state index contributed by atoms with van der Waals surface area (Å²) in [6.07, 6.45) is 2.50. The Hall–Kier alpha value is -0.760. The van der Waals surface area contributed by atoms with Crippen LogP contribution < -0.4 is 5.32 Å². The van der Waals surface area contributed by atoms with Gasteiger partial charge in [0.25, 0.3) is 0 Å². The summed E-state index contributed by atoms with van der Waals surface area (Å²) in [7, 11) is 0. The third kappa shape index (κ3) is 1.31. The van der Waals surface area contributed by atoms with Crippen molar-refractivity contribution in [2.45, 2.75) is 26.3 Å². The Kier molecular flexibility index (Phi) is 1.70. The normalized spacial score (nSPS) is 17.5. The van der Waals surface area contributed by atoms with Gasteiger partial charge in [-0.05, 0) is 37.9 Å². The van der Waals surface area contributed by atoms with Crippen LogP contribution in [0.25, 0.3) is 0 Å². The van der Waals surface area contributed by atoms with Gasteiger partial charge >= 0.3 is 0 Å². The molecule has 0 aliphatic carbocycles. The molecular weight excluding hydrogens is 136 g/mol. The predicted molar refractivity (Wildman–Crippen MR) is 45.6 cm³/mol. The molecule has 0 saturated heterocycles. The Morgan fingerprint density at radius 1 is 1.45 bits per heavy atom. The lowest BCUT2D eigenvalue weighted by Crippen LogP contribution is -2.12. The minimum absolute atomic E-state index is 1.02. The van der Waals surface area contributed by atoms with Gasteiger partial charge in [0.2, 0.25) is 0 Å². The number of rotatable bonds is 0. The van der Waals surface area contributed by atoms with E-state index in [0.29, 0.717) is 0 Å². The lowest BCUT2D eigenvalue weighted by atomic mass is 10.1. The molecule has 0 radical (unpaired) electrons. The Morgan fingerprint density at radius 3 is 3.27 bits per heavy atom. The van der Waals surface area contributed by atoms with Gasteiger partial charge in [-0.3, -0.25) is 0 Å². The highest BCUT2D eigenvalue weighted by molar-refractivity contribution is 5.26. The maximum atomic E-state index is 3.39. The van der Waals surface area contributed by atoms with Crippen LogP contribution in [0.4, 0.5) is 0 Å². The third-order valence-electron chi connectivity index (χ3n) is 2.23. The molecule has 1 aromatic rings. The van der Waals surface area contributed by atoms with E-state index >= 15 is 0 Å². The van der Waals surface area contributed by atoms with Crippen molar-refractivity contribution in [2.75, 3.05) is 6.54 Å². The molecule has 0 saturated carbocycles. The van der Waals surface area contributed by atoms with Crippen molar-refractivity contribution in [3.63, 3.8) is 0 Å². The fourth-order valence-electron chi connectivity index (χ4n) is 1.70. The molecule has 0 bridgehead atoms. The molecule has 60 valence electrons. The first-order chi connectivity index (χ1) is 5.36. The van der Waals surface area contributed by atoms with E-state index in [9.17, 15) is 0 Å². The zero-order valence-corrected chi connectivity index (χ0v) is 6.91. The summed E-state index contributed by atoms with van der Waals surface area (Å²) in [5.41, 5.74) is 4.19. The Labute approximate surface area is 67.0 Å². The average molecular weight is 150 g/mol. The topological polar surface area (TPSA) is 27.8 Å². The number of aryl methyl sites for hydroxylation is 2. The van der Waals surface area contributed by atoms with Crippen LogP contribution >= 0.6 is 0 Å². The van der Waals surface area contributed by atoms with Crippen LogP contribution in [0.3, 0.4) is 0 Å². The highest BCUT2D eigenvalue weighted by Gasteiger charge is 2.08. The maximum absolute atomic E-state index is 3.39. The van der Waals surface area contributed by atoms with E-state index in [1.165, 1.54) is 29.8 Å². The molecule has 0 atom stereocenters. The van der Waals surface area contributed by atoms with Gasteiger partial charge in [0, 0.05) is 17.9 Å². The lowest BCUT2D eigenvalue weighted by molar-refractivity contribution is 0.673. The Balaban J connectivity index is 2.32. The minimum Gasteiger partial charge on any atom is -0.361 e. The van der Waals surface area contributed by atoms with Crippen LogP contribution in [0, 0.1) is 6.92 Å². The predicted octanol–water partition coefficient (Wildman–Crippen LogP) is 1.36. The molecule has 2 N–H and O–H groups in total. The number of aromatic nitrogens is 1. The summed E-state index contributed by atoms with van der Waals surface area (Å²) < 4.78 is 0. The molecule has 0 aromatic carbocycles. The maximum Gasteiger partial charge on any atom is 0.0360 e. The summed E-state index contributed by atoms with van der Waals surface area (Å²) in [5.74, 6) is 0. The van der Waals surface area contributed by atoms with Gasteiger partial charge in [0.1, 0.15) is 0 Å². The Morgan fingerprint density at radius 2 is 2.36 bits per heavy atom. The van der Waals surface area contributed by atoms with E-state index < -0.39 is 0 Å². The second-order valence-corrected chi connectivity index (χ2v) is 3.24. The molecule has 11 heavy (non-hydrogen) atoms. The number of fused-ring (bicyclic) bond motifs is 1. The van der Waals surface area contributed by atoms with E-state index in [-0.39, 0.29) is 0 Å². The largest absolute Gasteiger partial charge is 0.361 e. The fraction of sp³-hybridized carbons (Fsp3) is 0.556. The van der Waals surface area contributed by atoms with Crippen molar-refractivity contribution in [2.24, 2.45) is 0 Å². The van der Waals surface area contributed by atoms with Crippen molar-refractivity contribution in [1.29, 1.82) is 0 Å². The Bertz CT molecular complexity index is 227. The second kappa shape index (κ2) is 2.70. The van der Waals surface area contributed by atoms with Crippen molar-refractivity contribution in [1.82, 2.24) is 10.3 Å². The first-order valence-electron chi connectivity index (χ1n) is 4.24. The molecule has 0 spiro atoms. The van der Waals surface area contributed by atoms with Crippen molar-refractivity contribution in [3.05, 3.63) is 23.0 Å². The average Bonchev–Trinajstić information content (AvgIpc) is 2.17. The van der Waals surface area contributed by atoms with Crippen LogP contribution in [0.1, 0.15) is 23.4 Å². The highest BCUT2D eigenvalue weighted by atomic mass is 14.9. The van der Waals surface area contributed by atoms with Crippen molar-refractivity contribution in [3.8, 4) is 0 Å². The van der Waals surface area contributed by atoms with E-state index in [2.05, 4.69) is 23.3 Å². The summed E-state index contributed by atoms with van der Waals surface area (Å²) in [6, 6.07) is 2.27. The second-order valence-electron chi connectivity index (χ2n) is 3.24. The first kappa shape index (κ1) is 6.92. The van der Waals surface area contributed by atoms with Crippen LogP contribution in [0.2, 0.25) is 0 Å². The number of aromatic amines is 1. The first-order valence-corrected chi connectivity index (χ1v) is 4.24. The SMILES string of the molecule is Cc1cc2c([nH]1)CNCCC2. The zero-order valence-electron chi connectivity index (χ0n) is 6.91. The number of hydrogen-bond acceptors (Lipinski definition) is 1. The summed E-state index contributed by atoms with van der Waals surface area (Å²) in [4.78, 5) is 3.37. The molecule has 2 rings (SSSR count). The molecule has 1 aliphatic heterocycles. The molecule has 1 aromatic heterocycles. The van der Waals surface area contributed by atoms with Gasteiger partial charge < -0.3 is 10.3 Å². The standard InChI is InChI=1S/C9H14N2/c1-7-5-8-3-2-4-10-6-9(8)11-7/h5,10-11H,2-4,6H2,1H3. The molecule has 2 nitrogen and oxygen atoms in total. The minimum atomic E-state index is 1.02. The van der Waals surface area contributed by atoms with E-state index in [4.69, 9.17) is 0 Å². The van der Waals surface area contributed by atoms with Crippen molar-refractivity contribution >= 4 is 0 Å². The number of hydrogen-bond donors (Lipinski definition) is 2. The highest BCUT2D eigenvalue weighted by Crippen LogP contribution is 2.14. The van der Waals surface area contributed by atoms with Crippen LogP contribution in [0.15, 0.2) is 6.07 Å². The van der Waals surface area contributed by atoms with Crippen LogP contribution in [-0.2, 0) is 13.0 Å². The quantitative estimate of drug-likeness (QED) is 0.574. The molecule has 0 unspecified atom stereocenters. The molecule has 0 fully saturated rings. The van der Waals surface area contributed by atoms with Crippen LogP contribution in [0.5, 0.6) is 0 Å². The zero-order chi connectivity index (χ0) is 7.68. The van der Waals surface area contributed by atoms with Crippen LogP contribution in [-0.4, -0.2) is 11.5 Å². The summed E-state index contributed by atoms with van der Waals surface area (Å²) in [6.45, 7) is 4.29.